The SMILES string of the molecule is Cc1ccc(C(=O)NCCNc2[nH+]cc(C(F)(F)F)cc2Cl)cc1[N+](=O)[O-]. The van der Waals surface area contributed by atoms with E-state index in [1.807, 2.05) is 0 Å². The van der Waals surface area contributed by atoms with Gasteiger partial charge in [-0.3, -0.25) is 20.2 Å². The maximum atomic E-state index is 12.6. The number of halogens is 4. The normalized spacial score (nSPS) is 11.1. The molecular formula is C16H15ClF3N4O3+. The topological polar surface area (TPSA) is 98.4 Å². The number of rotatable bonds is 6. The lowest BCUT2D eigenvalue weighted by Crippen LogP contribution is -2.30. The minimum absolute atomic E-state index is 0.117. The number of anilines is 1. The van der Waals surface area contributed by atoms with Crippen molar-refractivity contribution in [2.75, 3.05) is 18.4 Å². The molecule has 144 valence electrons. The monoisotopic (exact) mass is 403 g/mol. The van der Waals surface area contributed by atoms with Crippen LogP contribution in [0.2, 0.25) is 5.02 Å². The molecule has 1 heterocycles. The quantitative estimate of drug-likeness (QED) is 0.439. The van der Waals surface area contributed by atoms with E-state index in [0.717, 1.165) is 12.3 Å². The van der Waals surface area contributed by atoms with Gasteiger partial charge in [-0.15, -0.1) is 0 Å². The number of nitro groups is 1. The first-order valence-corrected chi connectivity index (χ1v) is 8.03. The van der Waals surface area contributed by atoms with E-state index in [-0.39, 0.29) is 35.2 Å². The molecule has 0 atom stereocenters. The first-order chi connectivity index (χ1) is 12.6. The number of amides is 1. The third kappa shape index (κ3) is 5.30. The fourth-order valence-electron chi connectivity index (χ4n) is 2.18. The van der Waals surface area contributed by atoms with Gasteiger partial charge >= 0.3 is 6.18 Å². The van der Waals surface area contributed by atoms with Crippen molar-refractivity contribution in [1.82, 2.24) is 5.32 Å². The summed E-state index contributed by atoms with van der Waals surface area (Å²) in [6, 6.07) is 4.90. The number of hydrogen-bond donors (Lipinski definition) is 2. The number of alkyl halides is 3. The molecule has 0 saturated carbocycles. The molecule has 1 amide bonds. The number of aryl methyl sites for hydroxylation is 1. The molecule has 2 rings (SSSR count). The summed E-state index contributed by atoms with van der Waals surface area (Å²) in [7, 11) is 0. The summed E-state index contributed by atoms with van der Waals surface area (Å²) in [5, 5.41) is 16.1. The maximum absolute atomic E-state index is 12.6. The minimum Gasteiger partial charge on any atom is -0.348 e. The summed E-state index contributed by atoms with van der Waals surface area (Å²) in [5.74, 6) is -0.340. The highest BCUT2D eigenvalue weighted by Crippen LogP contribution is 2.31. The third-order valence-electron chi connectivity index (χ3n) is 3.60. The summed E-state index contributed by atoms with van der Waals surface area (Å²) < 4.78 is 37.7. The van der Waals surface area contributed by atoms with Crippen LogP contribution in [-0.2, 0) is 6.18 Å². The van der Waals surface area contributed by atoms with Gasteiger partial charge in [0.2, 0.25) is 0 Å². The zero-order valence-corrected chi connectivity index (χ0v) is 14.7. The fourth-order valence-corrected chi connectivity index (χ4v) is 2.42. The molecule has 0 unspecified atom stereocenters. The van der Waals surface area contributed by atoms with E-state index in [1.54, 1.807) is 6.92 Å². The lowest BCUT2D eigenvalue weighted by atomic mass is 10.1. The van der Waals surface area contributed by atoms with Crippen molar-refractivity contribution < 1.29 is 27.9 Å². The predicted molar refractivity (Wildman–Crippen MR) is 91.7 cm³/mol. The molecule has 0 aliphatic heterocycles. The van der Waals surface area contributed by atoms with Crippen molar-refractivity contribution in [3.05, 3.63) is 62.3 Å². The van der Waals surface area contributed by atoms with Gasteiger partial charge in [-0.25, -0.2) is 4.98 Å². The largest absolute Gasteiger partial charge is 0.419 e. The molecule has 0 fully saturated rings. The van der Waals surface area contributed by atoms with Crippen molar-refractivity contribution in [1.29, 1.82) is 0 Å². The average Bonchev–Trinajstić information content (AvgIpc) is 2.58. The van der Waals surface area contributed by atoms with E-state index < -0.39 is 22.6 Å². The molecule has 0 spiro atoms. The van der Waals surface area contributed by atoms with Crippen LogP contribution >= 0.6 is 11.6 Å². The van der Waals surface area contributed by atoms with Crippen LogP contribution in [0.4, 0.5) is 24.7 Å². The Labute approximate surface area is 156 Å². The number of H-pyrrole nitrogens is 1. The second kappa shape index (κ2) is 8.21. The standard InChI is InChI=1S/C16H14ClF3N4O3/c1-9-2-3-10(6-13(9)24(26)27)15(25)22-5-4-21-14-12(17)7-11(8-23-14)16(18,19)20/h2-3,6-8H,4-5H2,1H3,(H,21,23)(H,22,25)/p+1. The first-order valence-electron chi connectivity index (χ1n) is 7.65. The average molecular weight is 404 g/mol. The Morgan fingerprint density at radius 3 is 2.59 bits per heavy atom. The van der Waals surface area contributed by atoms with Gasteiger partial charge in [0.15, 0.2) is 0 Å². The van der Waals surface area contributed by atoms with E-state index in [9.17, 15) is 28.1 Å². The van der Waals surface area contributed by atoms with Crippen LogP contribution in [0.15, 0.2) is 30.5 Å². The number of nitrogens with zero attached hydrogens (tertiary/aromatic N) is 1. The lowest BCUT2D eigenvalue weighted by molar-refractivity contribution is -0.385. The van der Waals surface area contributed by atoms with Gasteiger partial charge in [0.1, 0.15) is 17.8 Å². The zero-order valence-electron chi connectivity index (χ0n) is 14.0. The second-order valence-corrected chi connectivity index (χ2v) is 5.96. The molecule has 0 saturated heterocycles. The Hall–Kier alpha value is -2.88. The Kier molecular flexibility index (Phi) is 6.21. The molecule has 0 bridgehead atoms. The van der Waals surface area contributed by atoms with Crippen LogP contribution in [0.5, 0.6) is 0 Å². The molecule has 11 heteroatoms. The Morgan fingerprint density at radius 1 is 1.30 bits per heavy atom. The van der Waals surface area contributed by atoms with Gasteiger partial charge in [-0.2, -0.15) is 13.2 Å². The summed E-state index contributed by atoms with van der Waals surface area (Å²) in [5.41, 5.74) is -0.503. The Morgan fingerprint density at radius 2 is 2.00 bits per heavy atom. The van der Waals surface area contributed by atoms with Crippen LogP contribution in [0, 0.1) is 17.0 Å². The molecule has 1 aromatic heterocycles. The number of nitro benzene ring substituents is 1. The number of aromatic amines is 1. The van der Waals surface area contributed by atoms with Gasteiger partial charge in [0.05, 0.1) is 17.0 Å². The van der Waals surface area contributed by atoms with E-state index in [2.05, 4.69) is 15.6 Å². The number of nitrogens with one attached hydrogen (secondary N) is 3. The highest BCUT2D eigenvalue weighted by molar-refractivity contribution is 6.32. The summed E-state index contributed by atoms with van der Waals surface area (Å²) >= 11 is 5.79. The number of aromatic nitrogens is 1. The van der Waals surface area contributed by atoms with E-state index in [0.29, 0.717) is 5.56 Å². The summed E-state index contributed by atoms with van der Waals surface area (Å²) in [4.78, 5) is 24.8. The van der Waals surface area contributed by atoms with Crippen LogP contribution in [0.1, 0.15) is 21.5 Å². The molecule has 3 N–H and O–H groups in total. The van der Waals surface area contributed by atoms with Crippen molar-refractivity contribution in [3.8, 4) is 0 Å². The van der Waals surface area contributed by atoms with Crippen molar-refractivity contribution in [2.24, 2.45) is 0 Å². The lowest BCUT2D eigenvalue weighted by Gasteiger charge is -2.07. The number of pyridine rings is 1. The molecule has 0 aliphatic carbocycles. The Balaban J connectivity index is 1.91. The van der Waals surface area contributed by atoms with Gasteiger partial charge in [-0.05, 0) is 19.1 Å². The van der Waals surface area contributed by atoms with Crippen LogP contribution in [-0.4, -0.2) is 23.9 Å². The molecule has 0 aliphatic rings. The minimum atomic E-state index is -4.51. The third-order valence-corrected chi connectivity index (χ3v) is 3.90. The van der Waals surface area contributed by atoms with Gasteiger partial charge in [0.25, 0.3) is 17.4 Å². The van der Waals surface area contributed by atoms with Crippen LogP contribution in [0.3, 0.4) is 0 Å². The number of hydrogen-bond acceptors (Lipinski definition) is 4. The van der Waals surface area contributed by atoms with E-state index in [1.165, 1.54) is 18.2 Å². The van der Waals surface area contributed by atoms with Crippen LogP contribution < -0.4 is 15.6 Å². The maximum Gasteiger partial charge on any atom is 0.419 e. The molecule has 7 nitrogen and oxygen atoms in total. The molecular weight excluding hydrogens is 389 g/mol. The number of carbonyl (C=O) groups excluding carboxylic acids is 1. The van der Waals surface area contributed by atoms with Crippen molar-refractivity contribution in [2.45, 2.75) is 13.1 Å². The molecule has 0 radical (unpaired) electrons. The van der Waals surface area contributed by atoms with Gasteiger partial charge in [0, 0.05) is 17.2 Å². The predicted octanol–water partition coefficient (Wildman–Crippen LogP) is 3.23. The van der Waals surface area contributed by atoms with E-state index in [4.69, 9.17) is 11.6 Å². The zero-order chi connectivity index (χ0) is 20.2. The van der Waals surface area contributed by atoms with Crippen molar-refractivity contribution in [3.63, 3.8) is 0 Å². The van der Waals surface area contributed by atoms with Crippen molar-refractivity contribution >= 4 is 29.0 Å². The molecule has 2 aromatic rings. The summed E-state index contributed by atoms with van der Waals surface area (Å²) in [6.45, 7) is 1.85. The van der Waals surface area contributed by atoms with Gasteiger partial charge < -0.3 is 5.32 Å². The first kappa shape index (κ1) is 20.4. The smallest absolute Gasteiger partial charge is 0.348 e. The molecule has 1 aromatic carbocycles. The number of benzene rings is 1. The van der Waals surface area contributed by atoms with Gasteiger partial charge in [-0.1, -0.05) is 17.7 Å². The number of carbonyl (C=O) groups is 1. The van der Waals surface area contributed by atoms with E-state index >= 15 is 0 Å². The fraction of sp³-hybridized carbons (Fsp3) is 0.250. The summed E-state index contributed by atoms with van der Waals surface area (Å²) in [6.07, 6.45) is -3.73. The second-order valence-electron chi connectivity index (χ2n) is 5.55. The van der Waals surface area contributed by atoms with Crippen LogP contribution in [0.25, 0.3) is 0 Å². The Bertz CT molecular complexity index is 874. The molecule has 27 heavy (non-hydrogen) atoms. The highest BCUT2D eigenvalue weighted by Gasteiger charge is 2.32. The highest BCUT2D eigenvalue weighted by atomic mass is 35.5.